The molecule has 0 saturated carbocycles. The van der Waals surface area contributed by atoms with Crippen LogP contribution in [0.3, 0.4) is 0 Å². The van der Waals surface area contributed by atoms with Gasteiger partial charge in [-0.15, -0.1) is 0 Å². The Balaban J connectivity index is 1.24. The van der Waals surface area contributed by atoms with Crippen LogP contribution in [0.5, 0.6) is 5.75 Å². The van der Waals surface area contributed by atoms with Gasteiger partial charge in [-0.25, -0.2) is 13.4 Å². The predicted molar refractivity (Wildman–Crippen MR) is 230 cm³/mol. The van der Waals surface area contributed by atoms with Gasteiger partial charge in [0, 0.05) is 58.7 Å². The van der Waals surface area contributed by atoms with E-state index in [-0.39, 0.29) is 17.0 Å². The van der Waals surface area contributed by atoms with E-state index in [0.717, 1.165) is 75.1 Å². The molecule has 0 unspecified atom stereocenters. The lowest BCUT2D eigenvalue weighted by atomic mass is 9.82. The Morgan fingerprint density at radius 3 is 2.21 bits per heavy atom. The third kappa shape index (κ3) is 7.76. The van der Waals surface area contributed by atoms with Crippen molar-refractivity contribution >= 4 is 50.8 Å². The third-order valence-electron chi connectivity index (χ3n) is 10.9. The Morgan fingerprint density at radius 2 is 1.47 bits per heavy atom. The third-order valence-corrected chi connectivity index (χ3v) is 12.9. The van der Waals surface area contributed by atoms with Gasteiger partial charge in [0.05, 0.1) is 15.9 Å². The number of anilines is 2. The van der Waals surface area contributed by atoms with Crippen molar-refractivity contribution < 1.29 is 26.2 Å². The number of rotatable bonds is 10. The maximum absolute atomic E-state index is 14.3. The quantitative estimate of drug-likeness (QED) is 0.110. The Morgan fingerprint density at radius 1 is 0.759 bits per heavy atom. The predicted octanol–water partition coefficient (Wildman–Crippen LogP) is 10.8. The first-order valence-electron chi connectivity index (χ1n) is 19.6. The van der Waals surface area contributed by atoms with E-state index in [1.54, 1.807) is 34.6 Å². The summed E-state index contributed by atoms with van der Waals surface area (Å²) in [4.78, 5) is 5.32. The second kappa shape index (κ2) is 16.2. The van der Waals surface area contributed by atoms with E-state index in [2.05, 4.69) is 31.3 Å². The Bertz CT molecular complexity index is 2770. The van der Waals surface area contributed by atoms with Gasteiger partial charge in [-0.2, -0.15) is 4.31 Å². The molecule has 3 aliphatic rings. The first-order valence-corrected chi connectivity index (χ1v) is 21.0. The number of hydrogen-bond donors (Lipinski definition) is 1. The molecule has 2 heterocycles. The number of aryl methyl sites for hydroxylation is 4. The van der Waals surface area contributed by atoms with Crippen molar-refractivity contribution in [3.05, 3.63) is 148 Å². The molecule has 0 bridgehead atoms. The smallest absolute Gasteiger partial charge is 0.489 e. The monoisotopic (exact) mass is 795 g/mol. The Labute approximate surface area is 338 Å². The van der Waals surface area contributed by atoms with Crippen molar-refractivity contribution in [2.45, 2.75) is 58.5 Å². The molecule has 1 aliphatic carbocycles. The highest BCUT2D eigenvalue weighted by Gasteiger charge is 2.30. The van der Waals surface area contributed by atoms with Crippen molar-refractivity contribution in [2.24, 2.45) is 4.99 Å². The maximum atomic E-state index is 14.3. The van der Waals surface area contributed by atoms with Crippen molar-refractivity contribution in [1.82, 2.24) is 4.31 Å². The van der Waals surface area contributed by atoms with E-state index >= 15 is 0 Å². The topological polar surface area (TPSA) is 84.1 Å². The van der Waals surface area contributed by atoms with E-state index in [1.807, 2.05) is 80.6 Å². The minimum Gasteiger partial charge on any atom is -0.489 e. The van der Waals surface area contributed by atoms with Crippen LogP contribution in [0.2, 0.25) is 0 Å². The van der Waals surface area contributed by atoms with Crippen LogP contribution in [0.4, 0.5) is 25.7 Å². The van der Waals surface area contributed by atoms with Crippen LogP contribution in [0.15, 0.2) is 130 Å². The number of benzene rings is 6. The summed E-state index contributed by atoms with van der Waals surface area (Å²) in [5.74, 6) is 1.11. The molecular formula is C47H44BF2N3O4S. The average molecular weight is 796 g/mol. The lowest BCUT2D eigenvalue weighted by Crippen LogP contribution is -2.35. The van der Waals surface area contributed by atoms with Crippen molar-refractivity contribution in [3.8, 4) is 28.2 Å². The molecule has 1 saturated heterocycles. The van der Waals surface area contributed by atoms with Gasteiger partial charge < -0.3 is 14.5 Å². The largest absolute Gasteiger partial charge is 0.572 e. The number of halogens is 2. The Kier molecular flexibility index (Phi) is 10.9. The minimum atomic E-state index is -3.80. The number of piperidine rings is 1. The zero-order valence-electron chi connectivity index (χ0n) is 33.0. The summed E-state index contributed by atoms with van der Waals surface area (Å²) in [5, 5.41) is 5.01. The van der Waals surface area contributed by atoms with E-state index in [0.29, 0.717) is 46.7 Å². The van der Waals surface area contributed by atoms with Crippen LogP contribution in [-0.2, 0) is 16.6 Å². The SMILES string of the molecule is Cc1cc(OCc2ccccc2B(F)F)cc(C)c1N=c1ccc2c(-c3ccccc3S(=O)(=O)N3CCCCC3)c3ccc(Nc4c(C)cccc4C)cc3oc-2c1. The fourth-order valence-electron chi connectivity index (χ4n) is 7.96. The zero-order chi connectivity index (χ0) is 40.6. The summed E-state index contributed by atoms with van der Waals surface area (Å²) in [5.41, 5.74) is 9.64. The minimum absolute atomic E-state index is 0.0165. The molecule has 58 heavy (non-hydrogen) atoms. The average Bonchev–Trinajstić information content (AvgIpc) is 3.22. The normalized spacial score (nSPS) is 13.9. The van der Waals surface area contributed by atoms with Crippen LogP contribution < -0.4 is 20.9 Å². The molecule has 1 fully saturated rings. The molecule has 1 N–H and O–H groups in total. The van der Waals surface area contributed by atoms with Crippen LogP contribution >= 0.6 is 0 Å². The van der Waals surface area contributed by atoms with Gasteiger partial charge in [-0.3, -0.25) is 8.63 Å². The molecule has 0 radical (unpaired) electrons. The molecule has 0 aromatic heterocycles. The van der Waals surface area contributed by atoms with Gasteiger partial charge in [0.1, 0.15) is 23.7 Å². The molecule has 0 spiro atoms. The first-order chi connectivity index (χ1) is 28.0. The molecular weight excluding hydrogens is 751 g/mol. The molecule has 294 valence electrons. The summed E-state index contributed by atoms with van der Waals surface area (Å²) in [6.45, 7) is 9.02. The van der Waals surface area contributed by atoms with Crippen LogP contribution in [0.1, 0.15) is 47.1 Å². The number of ether oxygens (including phenoxy) is 1. The zero-order valence-corrected chi connectivity index (χ0v) is 33.8. The number of fused-ring (bicyclic) bond motifs is 2. The first kappa shape index (κ1) is 39.1. The van der Waals surface area contributed by atoms with Crippen molar-refractivity contribution in [1.29, 1.82) is 0 Å². The van der Waals surface area contributed by atoms with Gasteiger partial charge in [0.25, 0.3) is 0 Å². The lowest BCUT2D eigenvalue weighted by Gasteiger charge is -2.27. The molecule has 2 aliphatic heterocycles. The summed E-state index contributed by atoms with van der Waals surface area (Å²) < 4.78 is 70.1. The standard InChI is InChI=1S/C47H44BF2N3O4S/c1-30-13-12-14-31(2)46(30)51-35-19-21-38-42(27-35)57-43-28-36(52-47-32(3)25-37(26-33(47)4)56-29-34-15-6-8-17-41(34)48(49)50)20-22-39(43)45(38)40-16-7-9-18-44(40)58(54,55)53-23-10-5-11-24-53/h6-9,12-22,25-28,51H,5,10-11,23-24,29H2,1-4H3. The molecule has 8 rings (SSSR count). The highest BCUT2D eigenvalue weighted by Crippen LogP contribution is 2.44. The number of nitrogens with one attached hydrogen (secondary N) is 1. The van der Waals surface area contributed by atoms with E-state index in [4.69, 9.17) is 14.1 Å². The second-order valence-electron chi connectivity index (χ2n) is 15.0. The van der Waals surface area contributed by atoms with Crippen molar-refractivity contribution in [3.63, 3.8) is 0 Å². The van der Waals surface area contributed by atoms with Crippen LogP contribution in [-0.4, -0.2) is 33.1 Å². The number of hydrogen-bond acceptors (Lipinski definition) is 6. The van der Waals surface area contributed by atoms with Crippen LogP contribution in [0, 0.1) is 27.7 Å². The van der Waals surface area contributed by atoms with Gasteiger partial charge >= 0.3 is 7.27 Å². The molecule has 11 heteroatoms. The highest BCUT2D eigenvalue weighted by molar-refractivity contribution is 7.89. The van der Waals surface area contributed by atoms with Gasteiger partial charge in [-0.05, 0) is 116 Å². The molecule has 0 atom stereocenters. The summed E-state index contributed by atoms with van der Waals surface area (Å²) >= 11 is 0. The van der Waals surface area contributed by atoms with E-state index < -0.39 is 17.3 Å². The van der Waals surface area contributed by atoms with Gasteiger partial charge in [0.2, 0.25) is 10.0 Å². The van der Waals surface area contributed by atoms with Gasteiger partial charge in [-0.1, -0.05) is 67.1 Å². The second-order valence-corrected chi connectivity index (χ2v) is 16.9. The van der Waals surface area contributed by atoms with Gasteiger partial charge in [0.15, 0.2) is 0 Å². The summed E-state index contributed by atoms with van der Waals surface area (Å²) in [7, 11) is -6.38. The molecule has 5 aromatic carbocycles. The fourth-order valence-corrected chi connectivity index (χ4v) is 9.67. The van der Waals surface area contributed by atoms with Crippen LogP contribution in [0.25, 0.3) is 33.4 Å². The Hall–Kier alpha value is -5.78. The highest BCUT2D eigenvalue weighted by atomic mass is 32.2. The number of nitrogens with zero attached hydrogens (tertiary/aromatic N) is 2. The van der Waals surface area contributed by atoms with E-state index in [9.17, 15) is 17.0 Å². The molecule has 0 amide bonds. The maximum Gasteiger partial charge on any atom is 0.572 e. The lowest BCUT2D eigenvalue weighted by molar-refractivity contribution is 0.306. The molecule has 5 aromatic rings. The molecule has 7 nitrogen and oxygen atoms in total. The fraction of sp³-hybridized carbons (Fsp3) is 0.213. The number of sulfonamides is 1. The summed E-state index contributed by atoms with van der Waals surface area (Å²) in [6.07, 6.45) is 2.69. The summed E-state index contributed by atoms with van der Waals surface area (Å²) in [6, 6.07) is 35.2. The van der Waals surface area contributed by atoms with Crippen molar-refractivity contribution in [2.75, 3.05) is 18.4 Å². The number of para-hydroxylation sites is 1. The van der Waals surface area contributed by atoms with E-state index in [1.165, 1.54) is 6.07 Å².